The minimum Gasteiger partial charge on any atom is -0.497 e. The van der Waals surface area contributed by atoms with Gasteiger partial charge in [0.05, 0.1) is 18.7 Å². The monoisotopic (exact) mass is 338 g/mol. The van der Waals surface area contributed by atoms with Crippen LogP contribution in [0.4, 0.5) is 5.82 Å². The first-order chi connectivity index (χ1) is 11.8. The Bertz CT molecular complexity index is 886. The number of aromatic nitrogens is 2. The predicted octanol–water partition coefficient (Wildman–Crippen LogP) is 4.02. The number of methoxy groups -OCH3 is 1. The first-order valence-electron chi connectivity index (χ1n) is 8.03. The normalized spacial score (nSPS) is 14.0. The average Bonchev–Trinajstić information content (AvgIpc) is 3.02. The van der Waals surface area contributed by atoms with Crippen LogP contribution in [0.1, 0.15) is 28.8 Å². The number of fused-ring (bicyclic) bond motifs is 3. The SMILES string of the molecule is COc1ccc(/C=N\Nc2ncnc3sc4c(c23)CCCC4)cc1. The number of hydrogen-bond donors (Lipinski definition) is 1. The molecule has 0 fully saturated rings. The molecule has 122 valence electrons. The largest absolute Gasteiger partial charge is 0.497 e. The molecule has 1 N–H and O–H groups in total. The second-order valence-electron chi connectivity index (χ2n) is 5.76. The summed E-state index contributed by atoms with van der Waals surface area (Å²) in [7, 11) is 1.66. The fraction of sp³-hybridized carbons (Fsp3) is 0.278. The topological polar surface area (TPSA) is 59.4 Å². The van der Waals surface area contributed by atoms with E-state index in [0.717, 1.165) is 40.2 Å². The van der Waals surface area contributed by atoms with Crippen LogP contribution < -0.4 is 10.2 Å². The molecule has 24 heavy (non-hydrogen) atoms. The van der Waals surface area contributed by atoms with Crippen LogP contribution in [0, 0.1) is 0 Å². The summed E-state index contributed by atoms with van der Waals surface area (Å²) < 4.78 is 5.16. The molecule has 0 unspecified atom stereocenters. The average molecular weight is 338 g/mol. The molecule has 2 heterocycles. The summed E-state index contributed by atoms with van der Waals surface area (Å²) in [6.45, 7) is 0. The van der Waals surface area contributed by atoms with Crippen LogP contribution in [0.3, 0.4) is 0 Å². The minimum absolute atomic E-state index is 0.796. The van der Waals surface area contributed by atoms with Crippen LogP contribution in [0.5, 0.6) is 5.75 Å². The lowest BCUT2D eigenvalue weighted by Gasteiger charge is -2.11. The third-order valence-electron chi connectivity index (χ3n) is 4.25. The van der Waals surface area contributed by atoms with Gasteiger partial charge in [0.25, 0.3) is 0 Å². The van der Waals surface area contributed by atoms with Crippen LogP contribution >= 0.6 is 11.3 Å². The number of hydrazone groups is 1. The van der Waals surface area contributed by atoms with Crippen molar-refractivity contribution in [2.45, 2.75) is 25.7 Å². The Morgan fingerprint density at radius 1 is 1.17 bits per heavy atom. The highest BCUT2D eigenvalue weighted by atomic mass is 32.1. The van der Waals surface area contributed by atoms with E-state index in [1.807, 2.05) is 24.3 Å². The molecular weight excluding hydrogens is 320 g/mol. The van der Waals surface area contributed by atoms with Gasteiger partial charge in [0.15, 0.2) is 5.82 Å². The van der Waals surface area contributed by atoms with Gasteiger partial charge in [0, 0.05) is 4.88 Å². The van der Waals surface area contributed by atoms with Crippen LogP contribution in [0.15, 0.2) is 35.7 Å². The number of rotatable bonds is 4. The summed E-state index contributed by atoms with van der Waals surface area (Å²) in [6.07, 6.45) is 8.17. The number of benzene rings is 1. The number of hydrogen-bond acceptors (Lipinski definition) is 6. The number of aryl methyl sites for hydroxylation is 2. The molecule has 3 aromatic rings. The van der Waals surface area contributed by atoms with E-state index in [0.29, 0.717) is 0 Å². The van der Waals surface area contributed by atoms with Gasteiger partial charge in [-0.05, 0) is 61.1 Å². The second kappa shape index (κ2) is 6.57. The van der Waals surface area contributed by atoms with Gasteiger partial charge in [-0.2, -0.15) is 5.10 Å². The fourth-order valence-corrected chi connectivity index (χ4v) is 4.26. The van der Waals surface area contributed by atoms with Crippen molar-refractivity contribution >= 4 is 33.6 Å². The van der Waals surface area contributed by atoms with Crippen molar-refractivity contribution in [3.63, 3.8) is 0 Å². The smallest absolute Gasteiger partial charge is 0.158 e. The predicted molar refractivity (Wildman–Crippen MR) is 98.3 cm³/mol. The molecule has 1 aliphatic carbocycles. The van der Waals surface area contributed by atoms with Crippen LogP contribution in [0.2, 0.25) is 0 Å². The minimum atomic E-state index is 0.796. The Labute approximate surface area is 144 Å². The molecule has 0 radical (unpaired) electrons. The first-order valence-corrected chi connectivity index (χ1v) is 8.85. The van der Waals surface area contributed by atoms with Crippen molar-refractivity contribution in [2.75, 3.05) is 12.5 Å². The van der Waals surface area contributed by atoms with Crippen molar-refractivity contribution in [1.82, 2.24) is 9.97 Å². The Hall–Kier alpha value is -2.47. The van der Waals surface area contributed by atoms with Crippen molar-refractivity contribution in [2.24, 2.45) is 5.10 Å². The van der Waals surface area contributed by atoms with Gasteiger partial charge >= 0.3 is 0 Å². The Morgan fingerprint density at radius 3 is 2.83 bits per heavy atom. The third-order valence-corrected chi connectivity index (χ3v) is 5.45. The van der Waals surface area contributed by atoms with Gasteiger partial charge in [-0.1, -0.05) is 0 Å². The highest BCUT2D eigenvalue weighted by Crippen LogP contribution is 2.38. The van der Waals surface area contributed by atoms with E-state index in [9.17, 15) is 0 Å². The summed E-state index contributed by atoms with van der Waals surface area (Å²) >= 11 is 1.79. The van der Waals surface area contributed by atoms with Crippen LogP contribution in [0.25, 0.3) is 10.2 Å². The maximum atomic E-state index is 5.16. The first kappa shape index (κ1) is 15.1. The zero-order chi connectivity index (χ0) is 16.4. The van der Waals surface area contributed by atoms with E-state index in [2.05, 4.69) is 20.5 Å². The summed E-state index contributed by atoms with van der Waals surface area (Å²) in [5, 5.41) is 5.49. The molecule has 1 aromatic carbocycles. The van der Waals surface area contributed by atoms with Crippen molar-refractivity contribution in [1.29, 1.82) is 0 Å². The highest BCUT2D eigenvalue weighted by molar-refractivity contribution is 7.19. The van der Waals surface area contributed by atoms with E-state index in [1.54, 1.807) is 31.0 Å². The van der Waals surface area contributed by atoms with Gasteiger partial charge < -0.3 is 4.74 Å². The fourth-order valence-electron chi connectivity index (χ4n) is 3.03. The molecule has 0 saturated carbocycles. The number of ether oxygens (including phenoxy) is 1. The molecule has 0 spiro atoms. The summed E-state index contributed by atoms with van der Waals surface area (Å²) in [5.74, 6) is 1.63. The van der Waals surface area contributed by atoms with Crippen molar-refractivity contribution in [3.8, 4) is 5.75 Å². The van der Waals surface area contributed by atoms with Crippen molar-refractivity contribution in [3.05, 3.63) is 46.6 Å². The van der Waals surface area contributed by atoms with E-state index >= 15 is 0 Å². The molecular formula is C18H18N4OS. The maximum Gasteiger partial charge on any atom is 0.158 e. The van der Waals surface area contributed by atoms with Gasteiger partial charge in [-0.3, -0.25) is 5.43 Å². The summed E-state index contributed by atoms with van der Waals surface area (Å²) in [5.41, 5.74) is 5.50. The standard InChI is InChI=1S/C18H18N4OS/c1-23-13-8-6-12(7-9-13)10-21-22-17-16-14-4-2-3-5-15(14)24-18(16)20-11-19-17/h6-11H,2-5H2,1H3,(H,19,20,22)/b21-10-. The number of nitrogens with one attached hydrogen (secondary N) is 1. The highest BCUT2D eigenvalue weighted by Gasteiger charge is 2.19. The van der Waals surface area contributed by atoms with Crippen LogP contribution in [-0.2, 0) is 12.8 Å². The molecule has 0 amide bonds. The lowest BCUT2D eigenvalue weighted by Crippen LogP contribution is -2.00. The Balaban J connectivity index is 1.60. The number of thiophene rings is 1. The van der Waals surface area contributed by atoms with Gasteiger partial charge in [0.2, 0.25) is 0 Å². The lowest BCUT2D eigenvalue weighted by atomic mass is 9.97. The quantitative estimate of drug-likeness (QED) is 0.576. The van der Waals surface area contributed by atoms with Crippen LogP contribution in [-0.4, -0.2) is 23.3 Å². The Kier molecular flexibility index (Phi) is 4.13. The molecule has 0 aliphatic heterocycles. The third kappa shape index (κ3) is 2.85. The molecule has 0 atom stereocenters. The molecule has 2 aromatic heterocycles. The molecule has 4 rings (SSSR count). The van der Waals surface area contributed by atoms with Gasteiger partial charge in [-0.25, -0.2) is 9.97 Å². The number of nitrogens with zero attached hydrogens (tertiary/aromatic N) is 3. The lowest BCUT2D eigenvalue weighted by molar-refractivity contribution is 0.415. The zero-order valence-electron chi connectivity index (χ0n) is 13.5. The maximum absolute atomic E-state index is 5.16. The zero-order valence-corrected chi connectivity index (χ0v) is 14.3. The molecule has 0 saturated heterocycles. The molecule has 1 aliphatic rings. The molecule has 0 bridgehead atoms. The van der Waals surface area contributed by atoms with E-state index in [4.69, 9.17) is 4.74 Å². The Morgan fingerprint density at radius 2 is 2.00 bits per heavy atom. The summed E-state index contributed by atoms with van der Waals surface area (Å²) in [6, 6.07) is 7.76. The van der Waals surface area contributed by atoms with Crippen molar-refractivity contribution < 1.29 is 4.74 Å². The van der Waals surface area contributed by atoms with Gasteiger partial charge in [0.1, 0.15) is 16.9 Å². The van der Waals surface area contributed by atoms with E-state index in [-0.39, 0.29) is 0 Å². The molecule has 6 heteroatoms. The van der Waals surface area contributed by atoms with E-state index in [1.165, 1.54) is 23.3 Å². The number of anilines is 1. The summed E-state index contributed by atoms with van der Waals surface area (Å²) in [4.78, 5) is 11.3. The molecule has 5 nitrogen and oxygen atoms in total. The van der Waals surface area contributed by atoms with E-state index < -0.39 is 0 Å². The van der Waals surface area contributed by atoms with Gasteiger partial charge in [-0.15, -0.1) is 11.3 Å². The second-order valence-corrected chi connectivity index (χ2v) is 6.84.